The Hall–Kier alpha value is -1.20. The third-order valence-electron chi connectivity index (χ3n) is 8.09. The molecule has 0 bridgehead atoms. The van der Waals surface area contributed by atoms with E-state index in [9.17, 15) is 19.8 Å². The number of ketones is 1. The fourth-order valence-corrected chi connectivity index (χ4v) is 6.48. The molecule has 2 saturated carbocycles. The minimum Gasteiger partial charge on any atom is -0.466 e. The fourth-order valence-electron chi connectivity index (χ4n) is 6.48. The zero-order valence-corrected chi connectivity index (χ0v) is 16.4. The zero-order valence-electron chi connectivity index (χ0n) is 16.4. The lowest BCUT2D eigenvalue weighted by molar-refractivity contribution is -0.185. The number of ether oxygens (including phenoxy) is 1. The van der Waals surface area contributed by atoms with Crippen molar-refractivity contribution in [3.8, 4) is 0 Å². The van der Waals surface area contributed by atoms with Crippen molar-refractivity contribution in [2.24, 2.45) is 28.1 Å². The Balaban J connectivity index is 2.06. The van der Waals surface area contributed by atoms with E-state index >= 15 is 0 Å². The normalized spacial score (nSPS) is 42.2. The quantitative estimate of drug-likeness (QED) is 0.736. The number of aliphatic hydroxyl groups is 2. The van der Waals surface area contributed by atoms with Crippen molar-refractivity contribution in [3.63, 3.8) is 0 Å². The molecule has 26 heavy (non-hydrogen) atoms. The Morgan fingerprint density at radius 2 is 1.92 bits per heavy atom. The molecule has 5 heteroatoms. The molecule has 2 N–H and O–H groups in total. The Morgan fingerprint density at radius 1 is 1.23 bits per heavy atom. The number of aliphatic hydroxyl groups excluding tert-OH is 2. The lowest BCUT2D eigenvalue weighted by atomic mass is 9.41. The first-order valence-corrected chi connectivity index (χ1v) is 9.73. The van der Waals surface area contributed by atoms with Gasteiger partial charge in [-0.15, -0.1) is 0 Å². The number of rotatable bonds is 2. The van der Waals surface area contributed by atoms with Crippen molar-refractivity contribution < 1.29 is 24.5 Å². The predicted molar refractivity (Wildman–Crippen MR) is 97.2 cm³/mol. The van der Waals surface area contributed by atoms with Gasteiger partial charge in [0, 0.05) is 12.0 Å². The second kappa shape index (κ2) is 6.45. The molecule has 0 aliphatic heterocycles. The Labute approximate surface area is 155 Å². The number of allylic oxidation sites excluding steroid dienone is 1. The van der Waals surface area contributed by atoms with E-state index in [0.29, 0.717) is 24.8 Å². The molecule has 146 valence electrons. The van der Waals surface area contributed by atoms with Gasteiger partial charge in [-0.05, 0) is 54.8 Å². The second-order valence-corrected chi connectivity index (χ2v) is 9.40. The van der Waals surface area contributed by atoms with Gasteiger partial charge in [0.15, 0.2) is 0 Å². The summed E-state index contributed by atoms with van der Waals surface area (Å²) in [5, 5.41) is 20.9. The van der Waals surface area contributed by atoms with E-state index in [4.69, 9.17) is 4.74 Å². The SMILES string of the molecule is COC(=O)C1=CCC2C(CO)(CCC3C(C)(C)C(O)CCC23C)C(=O)C1. The molecule has 0 aromatic heterocycles. The lowest BCUT2D eigenvalue weighted by Crippen LogP contribution is -2.61. The van der Waals surface area contributed by atoms with E-state index < -0.39 is 11.4 Å². The third kappa shape index (κ3) is 2.58. The van der Waals surface area contributed by atoms with Gasteiger partial charge in [-0.25, -0.2) is 4.79 Å². The molecular weight excluding hydrogens is 332 g/mol. The summed E-state index contributed by atoms with van der Waals surface area (Å²) in [7, 11) is 1.33. The molecule has 0 saturated heterocycles. The summed E-state index contributed by atoms with van der Waals surface area (Å²) in [5.74, 6) is -0.238. The molecule has 5 nitrogen and oxygen atoms in total. The van der Waals surface area contributed by atoms with Gasteiger partial charge in [-0.3, -0.25) is 4.79 Å². The molecule has 0 heterocycles. The molecule has 0 amide bonds. The monoisotopic (exact) mass is 364 g/mol. The van der Waals surface area contributed by atoms with E-state index in [-0.39, 0.29) is 47.6 Å². The second-order valence-electron chi connectivity index (χ2n) is 9.40. The summed E-state index contributed by atoms with van der Waals surface area (Å²) in [6.45, 7) is 6.30. The highest BCUT2D eigenvalue weighted by atomic mass is 16.5. The van der Waals surface area contributed by atoms with E-state index in [1.165, 1.54) is 7.11 Å². The van der Waals surface area contributed by atoms with E-state index in [1.54, 1.807) is 0 Å². The summed E-state index contributed by atoms with van der Waals surface area (Å²) in [4.78, 5) is 25.3. The number of fused-ring (bicyclic) bond motifs is 3. The average Bonchev–Trinajstić information content (AvgIpc) is 2.76. The summed E-state index contributed by atoms with van der Waals surface area (Å²) in [6.07, 6.45) is 5.13. The van der Waals surface area contributed by atoms with Crippen molar-refractivity contribution >= 4 is 11.8 Å². The van der Waals surface area contributed by atoms with Crippen LogP contribution in [0.1, 0.15) is 59.3 Å². The molecule has 5 unspecified atom stereocenters. The third-order valence-corrected chi connectivity index (χ3v) is 8.09. The van der Waals surface area contributed by atoms with E-state index in [1.807, 2.05) is 6.08 Å². The van der Waals surface area contributed by atoms with Gasteiger partial charge in [0.1, 0.15) is 5.78 Å². The molecule has 0 aromatic rings. The first kappa shape index (κ1) is 19.6. The van der Waals surface area contributed by atoms with Crippen LogP contribution in [0, 0.1) is 28.1 Å². The Bertz CT molecular complexity index is 636. The maximum atomic E-state index is 13.2. The molecule has 3 aliphatic rings. The molecule has 0 spiro atoms. The van der Waals surface area contributed by atoms with Crippen LogP contribution in [0.2, 0.25) is 0 Å². The highest BCUT2D eigenvalue weighted by Crippen LogP contribution is 2.65. The highest BCUT2D eigenvalue weighted by molar-refractivity contribution is 5.98. The average molecular weight is 364 g/mol. The predicted octanol–water partition coefficient (Wildman–Crippen LogP) is 2.64. The number of hydrogen-bond acceptors (Lipinski definition) is 5. The van der Waals surface area contributed by atoms with Crippen molar-refractivity contribution in [2.45, 2.75) is 65.4 Å². The molecule has 0 radical (unpaired) electrons. The van der Waals surface area contributed by atoms with E-state index in [0.717, 1.165) is 12.8 Å². The number of carbonyl (C=O) groups excluding carboxylic acids is 2. The maximum Gasteiger partial charge on any atom is 0.333 e. The van der Waals surface area contributed by atoms with Crippen LogP contribution in [-0.2, 0) is 14.3 Å². The van der Waals surface area contributed by atoms with Gasteiger partial charge in [0.05, 0.1) is 25.2 Å². The van der Waals surface area contributed by atoms with Crippen LogP contribution < -0.4 is 0 Å². The van der Waals surface area contributed by atoms with Crippen molar-refractivity contribution in [1.82, 2.24) is 0 Å². The van der Waals surface area contributed by atoms with Gasteiger partial charge in [0.25, 0.3) is 0 Å². The zero-order chi connectivity index (χ0) is 19.3. The summed E-state index contributed by atoms with van der Waals surface area (Å²) >= 11 is 0. The summed E-state index contributed by atoms with van der Waals surface area (Å²) in [5.41, 5.74) is -0.758. The van der Waals surface area contributed by atoms with Gasteiger partial charge >= 0.3 is 5.97 Å². The fraction of sp³-hybridized carbons (Fsp3) is 0.810. The minimum absolute atomic E-state index is 0.0276. The van der Waals surface area contributed by atoms with Crippen molar-refractivity contribution in [3.05, 3.63) is 11.6 Å². The Kier molecular flexibility index (Phi) is 4.85. The largest absolute Gasteiger partial charge is 0.466 e. The molecule has 2 fully saturated rings. The smallest absolute Gasteiger partial charge is 0.333 e. The molecular formula is C21H32O5. The topological polar surface area (TPSA) is 83.8 Å². The number of esters is 1. The first-order valence-electron chi connectivity index (χ1n) is 9.73. The summed E-state index contributed by atoms with van der Waals surface area (Å²) in [6, 6.07) is 0. The molecule has 0 aromatic carbocycles. The number of Topliss-reactive ketones (excluding diaryl/α,β-unsaturated/α-hetero) is 1. The number of carbonyl (C=O) groups is 2. The molecule has 5 atom stereocenters. The minimum atomic E-state index is -0.796. The van der Waals surface area contributed by atoms with Crippen LogP contribution in [0.25, 0.3) is 0 Å². The molecule has 3 rings (SSSR count). The summed E-state index contributed by atoms with van der Waals surface area (Å²) < 4.78 is 4.84. The van der Waals surface area contributed by atoms with Crippen molar-refractivity contribution in [1.29, 1.82) is 0 Å². The van der Waals surface area contributed by atoms with Crippen LogP contribution in [-0.4, -0.2) is 41.8 Å². The van der Waals surface area contributed by atoms with Crippen LogP contribution in [0.3, 0.4) is 0 Å². The van der Waals surface area contributed by atoms with Gasteiger partial charge in [-0.1, -0.05) is 26.8 Å². The first-order chi connectivity index (χ1) is 12.1. The highest BCUT2D eigenvalue weighted by Gasteiger charge is 2.63. The van der Waals surface area contributed by atoms with E-state index in [2.05, 4.69) is 20.8 Å². The standard InChI is InChI=1S/C21H32O5/c1-19(2)14-7-10-21(12-22)15(20(14,3)9-8-16(19)23)6-5-13(11-17(21)24)18(25)26-4/h5,14-16,22-23H,6-12H2,1-4H3. The maximum absolute atomic E-state index is 13.2. The van der Waals surface area contributed by atoms with Gasteiger partial charge in [0.2, 0.25) is 0 Å². The van der Waals surface area contributed by atoms with Gasteiger partial charge < -0.3 is 14.9 Å². The number of methoxy groups -OCH3 is 1. The van der Waals surface area contributed by atoms with Crippen LogP contribution in [0.5, 0.6) is 0 Å². The van der Waals surface area contributed by atoms with Gasteiger partial charge in [-0.2, -0.15) is 0 Å². The van der Waals surface area contributed by atoms with Crippen LogP contribution in [0.4, 0.5) is 0 Å². The van der Waals surface area contributed by atoms with Crippen LogP contribution in [0.15, 0.2) is 11.6 Å². The van der Waals surface area contributed by atoms with Crippen molar-refractivity contribution in [2.75, 3.05) is 13.7 Å². The Morgan fingerprint density at radius 3 is 2.54 bits per heavy atom. The van der Waals surface area contributed by atoms with Crippen LogP contribution >= 0.6 is 0 Å². The molecule has 3 aliphatic carbocycles. The lowest BCUT2D eigenvalue weighted by Gasteiger charge is -2.63. The number of hydrogen-bond donors (Lipinski definition) is 2.